The number of fused-ring (bicyclic) bond motifs is 2. The number of thiophene rings is 1. The summed E-state index contributed by atoms with van der Waals surface area (Å²) in [5, 5.41) is 12.8. The molecular formula is C12H13NO3S. The van der Waals surface area contributed by atoms with Crippen LogP contribution in [0.2, 0.25) is 0 Å². The Balaban J connectivity index is 1.86. The number of nitrogens with zero attached hydrogens (tertiary/aromatic N) is 1. The Morgan fingerprint density at radius 3 is 2.82 bits per heavy atom. The largest absolute Gasteiger partial charge is 0.481 e. The van der Waals surface area contributed by atoms with Gasteiger partial charge in [0.2, 0.25) is 0 Å². The first-order chi connectivity index (χ1) is 8.18. The normalized spacial score (nSPS) is 30.8. The molecule has 4 nitrogen and oxygen atoms in total. The molecule has 3 heterocycles. The van der Waals surface area contributed by atoms with E-state index in [1.54, 1.807) is 11.0 Å². The molecule has 0 spiro atoms. The molecular weight excluding hydrogens is 238 g/mol. The Kier molecular flexibility index (Phi) is 2.43. The van der Waals surface area contributed by atoms with E-state index in [0.717, 1.165) is 12.8 Å². The topological polar surface area (TPSA) is 57.6 Å². The molecule has 2 aliphatic rings. The zero-order chi connectivity index (χ0) is 12.0. The minimum absolute atomic E-state index is 0.00231. The van der Waals surface area contributed by atoms with Gasteiger partial charge in [0.1, 0.15) is 0 Å². The highest BCUT2D eigenvalue weighted by molar-refractivity contribution is 7.08. The van der Waals surface area contributed by atoms with Gasteiger partial charge < -0.3 is 10.0 Å². The number of carbonyl (C=O) groups excluding carboxylic acids is 1. The number of aliphatic carboxylic acids is 1. The van der Waals surface area contributed by atoms with Gasteiger partial charge in [-0.15, -0.1) is 0 Å². The highest BCUT2D eigenvalue weighted by atomic mass is 32.1. The molecule has 1 aromatic rings. The summed E-state index contributed by atoms with van der Waals surface area (Å²) in [6, 6.07) is 1.85. The second-order valence-corrected chi connectivity index (χ2v) is 5.48. The summed E-state index contributed by atoms with van der Waals surface area (Å²) in [5.74, 6) is -1.13. The molecule has 17 heavy (non-hydrogen) atoms. The fraction of sp³-hybridized carbons (Fsp3) is 0.500. The van der Waals surface area contributed by atoms with Crippen LogP contribution in [0, 0.1) is 5.92 Å². The van der Waals surface area contributed by atoms with Crippen molar-refractivity contribution in [3.8, 4) is 0 Å². The molecule has 1 amide bonds. The van der Waals surface area contributed by atoms with Gasteiger partial charge in [-0.1, -0.05) is 0 Å². The van der Waals surface area contributed by atoms with Gasteiger partial charge in [0.25, 0.3) is 5.91 Å². The van der Waals surface area contributed by atoms with Crippen LogP contribution in [0.4, 0.5) is 0 Å². The first kappa shape index (κ1) is 10.8. The minimum atomic E-state index is -0.764. The smallest absolute Gasteiger partial charge is 0.308 e. The van der Waals surface area contributed by atoms with Gasteiger partial charge >= 0.3 is 5.97 Å². The van der Waals surface area contributed by atoms with E-state index in [1.165, 1.54) is 11.3 Å². The summed E-state index contributed by atoms with van der Waals surface area (Å²) in [7, 11) is 0. The standard InChI is InChI=1S/C12H13NO3S/c14-11(7-3-4-17-6-7)13-8-1-2-10(13)9(5-8)12(15)16/h3-4,6,8-10H,1-2,5H2,(H,15,16). The van der Waals surface area contributed by atoms with Crippen molar-refractivity contribution in [1.82, 2.24) is 4.90 Å². The van der Waals surface area contributed by atoms with Crippen LogP contribution in [0.1, 0.15) is 29.6 Å². The van der Waals surface area contributed by atoms with Gasteiger partial charge in [0.05, 0.1) is 11.5 Å². The molecule has 0 radical (unpaired) electrons. The van der Waals surface area contributed by atoms with Crippen molar-refractivity contribution in [2.45, 2.75) is 31.3 Å². The van der Waals surface area contributed by atoms with Crippen LogP contribution in [-0.4, -0.2) is 34.0 Å². The predicted molar refractivity (Wildman–Crippen MR) is 63.0 cm³/mol. The third-order valence-corrected chi connectivity index (χ3v) is 4.54. The Hall–Kier alpha value is -1.36. The number of rotatable bonds is 2. The van der Waals surface area contributed by atoms with E-state index in [9.17, 15) is 9.59 Å². The molecule has 0 aliphatic carbocycles. The van der Waals surface area contributed by atoms with Crippen molar-refractivity contribution in [3.63, 3.8) is 0 Å². The highest BCUT2D eigenvalue weighted by Gasteiger charge is 2.51. The van der Waals surface area contributed by atoms with Crippen LogP contribution in [0.25, 0.3) is 0 Å². The van der Waals surface area contributed by atoms with Crippen LogP contribution < -0.4 is 0 Å². The maximum absolute atomic E-state index is 12.3. The third-order valence-electron chi connectivity index (χ3n) is 3.86. The average molecular weight is 251 g/mol. The quantitative estimate of drug-likeness (QED) is 0.872. The number of carbonyl (C=O) groups is 2. The summed E-state index contributed by atoms with van der Waals surface area (Å²) < 4.78 is 0. The molecule has 0 saturated carbocycles. The van der Waals surface area contributed by atoms with Gasteiger partial charge in [-0.05, 0) is 30.7 Å². The molecule has 1 aromatic heterocycles. The summed E-state index contributed by atoms with van der Waals surface area (Å²) in [6.07, 6.45) is 2.40. The average Bonchev–Trinajstić information content (AvgIpc) is 3.03. The Labute approximate surface area is 103 Å². The molecule has 2 bridgehead atoms. The van der Waals surface area contributed by atoms with Crippen LogP contribution in [-0.2, 0) is 4.79 Å². The van der Waals surface area contributed by atoms with E-state index < -0.39 is 5.97 Å². The second-order valence-electron chi connectivity index (χ2n) is 4.70. The van der Waals surface area contributed by atoms with Crippen molar-refractivity contribution < 1.29 is 14.7 Å². The molecule has 3 unspecified atom stereocenters. The first-order valence-corrected chi connectivity index (χ1v) is 6.70. The van der Waals surface area contributed by atoms with E-state index >= 15 is 0 Å². The molecule has 3 rings (SSSR count). The van der Waals surface area contributed by atoms with Crippen LogP contribution in [0.5, 0.6) is 0 Å². The lowest BCUT2D eigenvalue weighted by Gasteiger charge is -2.22. The fourth-order valence-corrected chi connectivity index (χ4v) is 3.74. The Morgan fingerprint density at radius 1 is 1.41 bits per heavy atom. The van der Waals surface area contributed by atoms with Crippen molar-refractivity contribution in [3.05, 3.63) is 22.4 Å². The molecule has 2 fully saturated rings. The molecule has 90 valence electrons. The van der Waals surface area contributed by atoms with Crippen LogP contribution in [0.3, 0.4) is 0 Å². The molecule has 1 N–H and O–H groups in total. The summed E-state index contributed by atoms with van der Waals surface area (Å²) >= 11 is 1.49. The van der Waals surface area contributed by atoms with Crippen LogP contribution >= 0.6 is 11.3 Å². The zero-order valence-electron chi connectivity index (χ0n) is 9.20. The zero-order valence-corrected chi connectivity index (χ0v) is 10.0. The van der Waals surface area contributed by atoms with Gasteiger partial charge in [-0.3, -0.25) is 9.59 Å². The lowest BCUT2D eigenvalue weighted by atomic mass is 9.89. The van der Waals surface area contributed by atoms with Crippen molar-refractivity contribution in [1.29, 1.82) is 0 Å². The summed E-state index contributed by atoms with van der Waals surface area (Å²) in [4.78, 5) is 25.2. The summed E-state index contributed by atoms with van der Waals surface area (Å²) in [5.41, 5.74) is 0.693. The number of amides is 1. The van der Waals surface area contributed by atoms with E-state index in [-0.39, 0.29) is 23.9 Å². The van der Waals surface area contributed by atoms with Crippen molar-refractivity contribution in [2.24, 2.45) is 5.92 Å². The van der Waals surface area contributed by atoms with Crippen LogP contribution in [0.15, 0.2) is 16.8 Å². The van der Waals surface area contributed by atoms with Gasteiger partial charge in [0, 0.05) is 17.5 Å². The number of hydrogen-bond acceptors (Lipinski definition) is 3. The summed E-state index contributed by atoms with van der Waals surface area (Å²) in [6.45, 7) is 0. The Bertz CT molecular complexity index is 456. The maximum atomic E-state index is 12.3. The molecule has 2 aliphatic heterocycles. The highest BCUT2D eigenvalue weighted by Crippen LogP contribution is 2.42. The third kappa shape index (κ3) is 1.57. The molecule has 5 heteroatoms. The minimum Gasteiger partial charge on any atom is -0.481 e. The van der Waals surface area contributed by atoms with E-state index in [1.807, 2.05) is 10.8 Å². The Morgan fingerprint density at radius 2 is 2.24 bits per heavy atom. The first-order valence-electron chi connectivity index (χ1n) is 5.76. The van der Waals surface area contributed by atoms with E-state index in [0.29, 0.717) is 12.0 Å². The predicted octanol–water partition coefficient (Wildman–Crippen LogP) is 1.83. The maximum Gasteiger partial charge on any atom is 0.308 e. The fourth-order valence-electron chi connectivity index (χ4n) is 3.11. The molecule has 0 aromatic carbocycles. The molecule has 2 saturated heterocycles. The SMILES string of the molecule is O=C(O)C1CC2CCC1N2C(=O)c1ccsc1. The lowest BCUT2D eigenvalue weighted by molar-refractivity contribution is -0.142. The number of carboxylic acid groups (broad SMARTS) is 1. The molecule has 3 atom stereocenters. The van der Waals surface area contributed by atoms with E-state index in [4.69, 9.17) is 5.11 Å². The monoisotopic (exact) mass is 251 g/mol. The van der Waals surface area contributed by atoms with Gasteiger partial charge in [-0.2, -0.15) is 11.3 Å². The number of carboxylic acids is 1. The van der Waals surface area contributed by atoms with E-state index in [2.05, 4.69) is 0 Å². The van der Waals surface area contributed by atoms with Gasteiger partial charge in [-0.25, -0.2) is 0 Å². The number of hydrogen-bond donors (Lipinski definition) is 1. The van der Waals surface area contributed by atoms with Crippen molar-refractivity contribution >= 4 is 23.2 Å². The lowest BCUT2D eigenvalue weighted by Crippen LogP contribution is -2.37. The van der Waals surface area contributed by atoms with Crippen molar-refractivity contribution in [2.75, 3.05) is 0 Å². The second kappa shape index (κ2) is 3.84. The van der Waals surface area contributed by atoms with Gasteiger partial charge in [0.15, 0.2) is 0 Å².